The maximum absolute atomic E-state index is 13.8. The molecule has 0 amide bonds. The highest BCUT2D eigenvalue weighted by atomic mass is 16.7. The van der Waals surface area contributed by atoms with Crippen LogP contribution in [0.5, 0.6) is 0 Å². The van der Waals surface area contributed by atoms with Gasteiger partial charge in [0, 0.05) is 19.3 Å². The lowest BCUT2D eigenvalue weighted by molar-refractivity contribution is -0.332. The SMILES string of the molecule is CC1=CC[C@@H]2C[C@@H](C[C@]3(CC[C@H](C)[C@@H](C)O3)O2)OC(=O)[C@@H]2C=C(CO)[C@@H](O)[C@H]3OCC(=CC=C[C@H](C)C1)[C@]32O. The number of allylic oxidation sites excluding steroid dienone is 4. The largest absolute Gasteiger partial charge is 0.462 e. The molecule has 5 rings (SSSR count). The number of ether oxygens (including phenoxy) is 4. The van der Waals surface area contributed by atoms with Gasteiger partial charge in [0.15, 0.2) is 5.79 Å². The van der Waals surface area contributed by atoms with Gasteiger partial charge in [0.1, 0.15) is 29.8 Å². The van der Waals surface area contributed by atoms with Crippen LogP contribution in [-0.4, -0.2) is 76.4 Å². The van der Waals surface area contributed by atoms with Gasteiger partial charge in [-0.3, -0.25) is 4.79 Å². The molecule has 0 unspecified atom stereocenters. The molecule has 8 nitrogen and oxygen atoms in total. The zero-order valence-corrected chi connectivity index (χ0v) is 23.5. The lowest BCUT2D eigenvalue weighted by Gasteiger charge is -2.49. The number of fused-ring (bicyclic) bond motifs is 2. The summed E-state index contributed by atoms with van der Waals surface area (Å²) in [5, 5.41) is 32.8. The summed E-state index contributed by atoms with van der Waals surface area (Å²) in [6.45, 7) is 8.12. The molecule has 0 saturated carbocycles. The monoisotopic (exact) mass is 544 g/mol. The van der Waals surface area contributed by atoms with E-state index in [4.69, 9.17) is 18.9 Å². The van der Waals surface area contributed by atoms with Crippen LogP contribution in [0.1, 0.15) is 66.2 Å². The highest BCUT2D eigenvalue weighted by molar-refractivity contribution is 5.78. The van der Waals surface area contributed by atoms with E-state index in [1.807, 2.05) is 6.08 Å². The minimum Gasteiger partial charge on any atom is -0.462 e. The van der Waals surface area contributed by atoms with Gasteiger partial charge < -0.3 is 34.3 Å². The second kappa shape index (κ2) is 11.2. The molecule has 5 aliphatic rings. The first-order valence-corrected chi connectivity index (χ1v) is 14.5. The third-order valence-corrected chi connectivity index (χ3v) is 9.35. The Bertz CT molecular complexity index is 1060. The Morgan fingerprint density at radius 1 is 1.15 bits per heavy atom. The van der Waals surface area contributed by atoms with Crippen LogP contribution >= 0.6 is 0 Å². The van der Waals surface area contributed by atoms with Gasteiger partial charge in [-0.15, -0.1) is 0 Å². The molecule has 0 aromatic carbocycles. The summed E-state index contributed by atoms with van der Waals surface area (Å²) in [6.07, 6.45) is 10.7. The van der Waals surface area contributed by atoms with Crippen molar-refractivity contribution < 1.29 is 39.1 Å². The van der Waals surface area contributed by atoms with Crippen molar-refractivity contribution in [3.63, 3.8) is 0 Å². The van der Waals surface area contributed by atoms with Crippen LogP contribution < -0.4 is 0 Å². The van der Waals surface area contributed by atoms with Crippen LogP contribution in [0.2, 0.25) is 0 Å². The molecule has 0 aromatic heterocycles. The molecule has 216 valence electrons. The number of aliphatic hydroxyl groups excluding tert-OH is 2. The van der Waals surface area contributed by atoms with E-state index in [0.29, 0.717) is 30.8 Å². The van der Waals surface area contributed by atoms with Crippen molar-refractivity contribution in [1.29, 1.82) is 0 Å². The maximum atomic E-state index is 13.8. The normalized spacial score (nSPS) is 45.2. The van der Waals surface area contributed by atoms with Gasteiger partial charge in [0.25, 0.3) is 0 Å². The summed E-state index contributed by atoms with van der Waals surface area (Å²) in [5.74, 6) is -1.89. The summed E-state index contributed by atoms with van der Waals surface area (Å²) >= 11 is 0. The van der Waals surface area contributed by atoms with Crippen molar-refractivity contribution in [2.75, 3.05) is 13.2 Å². The number of rotatable bonds is 1. The van der Waals surface area contributed by atoms with Crippen molar-refractivity contribution in [3.05, 3.63) is 47.1 Å². The van der Waals surface area contributed by atoms with Crippen LogP contribution in [0, 0.1) is 17.8 Å². The number of carbonyl (C=O) groups excluding carboxylic acids is 1. The first-order chi connectivity index (χ1) is 18.5. The molecule has 0 radical (unpaired) electrons. The van der Waals surface area contributed by atoms with Crippen LogP contribution in [0.15, 0.2) is 47.1 Å². The molecule has 4 aliphatic heterocycles. The molecular weight excluding hydrogens is 500 g/mol. The first kappa shape index (κ1) is 28.7. The molecule has 4 heterocycles. The second-order valence-corrected chi connectivity index (χ2v) is 12.4. The molecule has 10 atom stereocenters. The Hall–Kier alpha value is -1.81. The fraction of sp³-hybridized carbons (Fsp3) is 0.710. The predicted molar refractivity (Wildman–Crippen MR) is 144 cm³/mol. The number of hydrogen-bond acceptors (Lipinski definition) is 8. The van der Waals surface area contributed by atoms with Gasteiger partial charge in [-0.05, 0) is 56.1 Å². The molecule has 1 aliphatic carbocycles. The summed E-state index contributed by atoms with van der Waals surface area (Å²) in [7, 11) is 0. The summed E-state index contributed by atoms with van der Waals surface area (Å²) < 4.78 is 25.1. The highest BCUT2D eigenvalue weighted by Gasteiger charge is 2.60. The zero-order valence-electron chi connectivity index (χ0n) is 23.5. The third-order valence-electron chi connectivity index (χ3n) is 9.35. The minimum atomic E-state index is -1.79. The standard InChI is InChI=1S/C31H44O8/c1-18-6-5-7-23-17-36-28-27(33)22(16-32)13-26(31(23,28)35)29(34)37-25-14-24(9-8-19(2)12-18)39-30(15-25)11-10-20(3)21(4)38-30/h5-8,13,18,20-21,24-28,32-33,35H,9-12,14-17H2,1-4H3/t18-,20-,21+,24+,25-,26-,27+,28+,30-,31+/m0/s1. The van der Waals surface area contributed by atoms with E-state index >= 15 is 0 Å². The Morgan fingerprint density at radius 2 is 1.95 bits per heavy atom. The zero-order chi connectivity index (χ0) is 27.9. The molecule has 39 heavy (non-hydrogen) atoms. The number of aliphatic hydroxyl groups is 3. The van der Waals surface area contributed by atoms with Crippen molar-refractivity contribution in [3.8, 4) is 0 Å². The lowest BCUT2D eigenvalue weighted by atomic mass is 9.70. The summed E-state index contributed by atoms with van der Waals surface area (Å²) in [6, 6.07) is 0. The molecule has 3 saturated heterocycles. The second-order valence-electron chi connectivity index (χ2n) is 12.4. The van der Waals surface area contributed by atoms with Gasteiger partial charge in [-0.25, -0.2) is 0 Å². The predicted octanol–water partition coefficient (Wildman–Crippen LogP) is 3.51. The third kappa shape index (κ3) is 5.56. The molecule has 0 aromatic rings. The van der Waals surface area contributed by atoms with Gasteiger partial charge in [0.05, 0.1) is 25.4 Å². The van der Waals surface area contributed by atoms with Gasteiger partial charge >= 0.3 is 5.97 Å². The minimum absolute atomic E-state index is 0.0244. The van der Waals surface area contributed by atoms with Crippen LogP contribution in [0.4, 0.5) is 0 Å². The smallest absolute Gasteiger partial charge is 0.316 e. The van der Waals surface area contributed by atoms with Gasteiger partial charge in [-0.2, -0.15) is 0 Å². The van der Waals surface area contributed by atoms with E-state index in [2.05, 4.69) is 39.8 Å². The van der Waals surface area contributed by atoms with Crippen molar-refractivity contribution >= 4 is 5.97 Å². The van der Waals surface area contributed by atoms with E-state index in [9.17, 15) is 20.1 Å². The lowest BCUT2D eigenvalue weighted by Crippen LogP contribution is -2.58. The molecule has 3 fully saturated rings. The van der Waals surface area contributed by atoms with Crippen LogP contribution in [-0.2, 0) is 23.7 Å². The quantitative estimate of drug-likeness (QED) is 0.340. The van der Waals surface area contributed by atoms with E-state index in [1.165, 1.54) is 11.6 Å². The van der Waals surface area contributed by atoms with E-state index in [-0.39, 0.29) is 30.3 Å². The Balaban J connectivity index is 1.52. The average Bonchev–Trinajstić information content (AvgIpc) is 3.22. The topological polar surface area (TPSA) is 115 Å². The van der Waals surface area contributed by atoms with E-state index in [0.717, 1.165) is 19.3 Å². The van der Waals surface area contributed by atoms with Gasteiger partial charge in [-0.1, -0.05) is 49.8 Å². The Morgan fingerprint density at radius 3 is 2.69 bits per heavy atom. The molecule has 1 spiro atoms. The van der Waals surface area contributed by atoms with Crippen LogP contribution in [0.25, 0.3) is 0 Å². The van der Waals surface area contributed by atoms with Crippen LogP contribution in [0.3, 0.4) is 0 Å². The van der Waals surface area contributed by atoms with Crippen molar-refractivity contribution in [2.45, 2.75) is 108 Å². The molecule has 8 heteroatoms. The van der Waals surface area contributed by atoms with Gasteiger partial charge in [0.2, 0.25) is 0 Å². The van der Waals surface area contributed by atoms with Crippen molar-refractivity contribution in [1.82, 2.24) is 0 Å². The summed E-state index contributed by atoms with van der Waals surface area (Å²) in [4.78, 5) is 13.8. The molecular formula is C31H44O8. The summed E-state index contributed by atoms with van der Waals surface area (Å²) in [5.41, 5.74) is 0.217. The Kier molecular flexibility index (Phi) is 8.26. The Labute approximate surface area is 231 Å². The van der Waals surface area contributed by atoms with E-state index < -0.39 is 48.2 Å². The molecule has 2 bridgehead atoms. The fourth-order valence-electron chi connectivity index (χ4n) is 6.90. The van der Waals surface area contributed by atoms with Crippen molar-refractivity contribution in [2.24, 2.45) is 17.8 Å². The fourth-order valence-corrected chi connectivity index (χ4v) is 6.90. The molecule has 3 N–H and O–H groups in total. The van der Waals surface area contributed by atoms with E-state index in [1.54, 1.807) is 6.08 Å². The first-order valence-electron chi connectivity index (χ1n) is 14.5. The maximum Gasteiger partial charge on any atom is 0.316 e. The number of esters is 1. The number of hydrogen-bond donors (Lipinski definition) is 3. The average molecular weight is 545 g/mol. The number of carbonyl (C=O) groups is 1. The highest BCUT2D eigenvalue weighted by Crippen LogP contribution is 2.47.